The van der Waals surface area contributed by atoms with Crippen molar-refractivity contribution in [3.05, 3.63) is 29.6 Å². The zero-order chi connectivity index (χ0) is 12.3. The number of halogens is 1. The number of benzene rings is 1. The summed E-state index contributed by atoms with van der Waals surface area (Å²) in [7, 11) is 1.49. The fraction of sp³-hybridized carbons (Fsp3) is 0.538. The Hall–Kier alpha value is -1.13. The first kappa shape index (κ1) is 12.3. The molecule has 3 N–H and O–H groups in total. The quantitative estimate of drug-likeness (QED) is 0.844. The molecule has 1 aliphatic heterocycles. The molecule has 1 fully saturated rings. The molecular formula is C13H19FN2O. The Balaban J connectivity index is 2.08. The van der Waals surface area contributed by atoms with Crippen LogP contribution in [0.25, 0.3) is 0 Å². The number of piperidine rings is 1. The van der Waals surface area contributed by atoms with Crippen molar-refractivity contribution in [2.75, 3.05) is 20.2 Å². The highest BCUT2D eigenvalue weighted by atomic mass is 19.1. The van der Waals surface area contributed by atoms with Gasteiger partial charge >= 0.3 is 0 Å². The lowest BCUT2D eigenvalue weighted by Crippen LogP contribution is -2.36. The standard InChI is InChI=1S/C13H19FN2O/c1-17-13-6-10(3-4-11(13)14)12-5-2-9(7-15)8-16-12/h3-4,6,9,12,16H,2,5,7-8,15H2,1H3. The fourth-order valence-corrected chi connectivity index (χ4v) is 2.29. The fourth-order valence-electron chi connectivity index (χ4n) is 2.29. The number of nitrogens with one attached hydrogen (secondary N) is 1. The van der Waals surface area contributed by atoms with Gasteiger partial charge in [-0.3, -0.25) is 0 Å². The molecule has 94 valence electrons. The molecule has 0 aromatic heterocycles. The van der Waals surface area contributed by atoms with Crippen LogP contribution in [0.4, 0.5) is 4.39 Å². The van der Waals surface area contributed by atoms with E-state index in [9.17, 15) is 4.39 Å². The van der Waals surface area contributed by atoms with Crippen molar-refractivity contribution < 1.29 is 9.13 Å². The largest absolute Gasteiger partial charge is 0.494 e. The highest BCUT2D eigenvalue weighted by molar-refractivity contribution is 5.32. The molecule has 0 amide bonds. The molecule has 2 atom stereocenters. The minimum absolute atomic E-state index is 0.285. The summed E-state index contributed by atoms with van der Waals surface area (Å²) >= 11 is 0. The summed E-state index contributed by atoms with van der Waals surface area (Å²) < 4.78 is 18.3. The molecule has 0 spiro atoms. The number of ether oxygens (including phenoxy) is 1. The Labute approximate surface area is 101 Å². The molecule has 3 nitrogen and oxygen atoms in total. The monoisotopic (exact) mass is 238 g/mol. The van der Waals surface area contributed by atoms with Crippen molar-refractivity contribution in [1.82, 2.24) is 5.32 Å². The van der Waals surface area contributed by atoms with Gasteiger partial charge in [0.05, 0.1) is 7.11 Å². The van der Waals surface area contributed by atoms with E-state index in [0.29, 0.717) is 11.7 Å². The molecule has 1 aromatic carbocycles. The Morgan fingerprint density at radius 1 is 1.47 bits per heavy atom. The maximum atomic E-state index is 13.3. The maximum absolute atomic E-state index is 13.3. The first-order valence-corrected chi connectivity index (χ1v) is 6.01. The van der Waals surface area contributed by atoms with E-state index in [1.807, 2.05) is 6.07 Å². The zero-order valence-corrected chi connectivity index (χ0v) is 10.1. The van der Waals surface area contributed by atoms with Crippen LogP contribution in [0.5, 0.6) is 5.75 Å². The van der Waals surface area contributed by atoms with E-state index in [4.69, 9.17) is 10.5 Å². The molecule has 0 aliphatic carbocycles. The summed E-state index contributed by atoms with van der Waals surface area (Å²) in [6, 6.07) is 5.34. The highest BCUT2D eigenvalue weighted by Crippen LogP contribution is 2.28. The molecule has 0 saturated carbocycles. The van der Waals surface area contributed by atoms with Gasteiger partial charge in [-0.15, -0.1) is 0 Å². The topological polar surface area (TPSA) is 47.3 Å². The van der Waals surface area contributed by atoms with E-state index in [1.165, 1.54) is 13.2 Å². The normalized spacial score (nSPS) is 24.6. The van der Waals surface area contributed by atoms with Crippen LogP contribution in [0.1, 0.15) is 24.4 Å². The van der Waals surface area contributed by atoms with Gasteiger partial charge in [-0.2, -0.15) is 0 Å². The third kappa shape index (κ3) is 2.76. The predicted molar refractivity (Wildman–Crippen MR) is 65.5 cm³/mol. The minimum Gasteiger partial charge on any atom is -0.494 e. The number of nitrogens with two attached hydrogens (primary N) is 1. The maximum Gasteiger partial charge on any atom is 0.165 e. The number of hydrogen-bond acceptors (Lipinski definition) is 3. The Bertz CT molecular complexity index is 376. The summed E-state index contributed by atoms with van der Waals surface area (Å²) in [6.45, 7) is 1.66. The van der Waals surface area contributed by atoms with Crippen molar-refractivity contribution in [3.8, 4) is 5.75 Å². The molecule has 1 heterocycles. The first-order chi connectivity index (χ1) is 8.24. The summed E-state index contributed by atoms with van der Waals surface area (Å²) in [5.41, 5.74) is 6.73. The average Bonchev–Trinajstić information content (AvgIpc) is 2.39. The molecule has 0 bridgehead atoms. The van der Waals surface area contributed by atoms with Crippen molar-refractivity contribution in [1.29, 1.82) is 0 Å². The van der Waals surface area contributed by atoms with Gasteiger partial charge in [0.25, 0.3) is 0 Å². The van der Waals surface area contributed by atoms with Gasteiger partial charge in [-0.25, -0.2) is 4.39 Å². The minimum atomic E-state index is -0.313. The molecular weight excluding hydrogens is 219 g/mol. The van der Waals surface area contributed by atoms with Gasteiger partial charge in [0.15, 0.2) is 11.6 Å². The molecule has 0 radical (unpaired) electrons. The van der Waals surface area contributed by atoms with Gasteiger partial charge in [0.2, 0.25) is 0 Å². The molecule has 2 unspecified atom stereocenters. The smallest absolute Gasteiger partial charge is 0.165 e. The van der Waals surface area contributed by atoms with Crippen LogP contribution >= 0.6 is 0 Å². The summed E-state index contributed by atoms with van der Waals surface area (Å²) in [6.07, 6.45) is 2.16. The van der Waals surface area contributed by atoms with Crippen molar-refractivity contribution >= 4 is 0 Å². The summed E-state index contributed by atoms with van der Waals surface area (Å²) in [5.74, 6) is 0.561. The van der Waals surface area contributed by atoms with Crippen LogP contribution in [0, 0.1) is 11.7 Å². The van der Waals surface area contributed by atoms with Crippen LogP contribution in [0.15, 0.2) is 18.2 Å². The van der Waals surface area contributed by atoms with E-state index >= 15 is 0 Å². The average molecular weight is 238 g/mol. The zero-order valence-electron chi connectivity index (χ0n) is 10.1. The van der Waals surface area contributed by atoms with E-state index in [1.54, 1.807) is 6.07 Å². The first-order valence-electron chi connectivity index (χ1n) is 6.01. The third-order valence-corrected chi connectivity index (χ3v) is 3.43. The van der Waals surface area contributed by atoms with E-state index in [2.05, 4.69) is 5.32 Å². The lowest BCUT2D eigenvalue weighted by molar-refractivity contribution is 0.318. The number of rotatable bonds is 3. The highest BCUT2D eigenvalue weighted by Gasteiger charge is 2.21. The Kier molecular flexibility index (Phi) is 3.97. The van der Waals surface area contributed by atoms with Gasteiger partial charge in [-0.05, 0) is 49.5 Å². The Morgan fingerprint density at radius 3 is 2.88 bits per heavy atom. The summed E-state index contributed by atoms with van der Waals surface area (Å²) in [4.78, 5) is 0. The van der Waals surface area contributed by atoms with Crippen molar-refractivity contribution in [3.63, 3.8) is 0 Å². The molecule has 2 rings (SSSR count). The second-order valence-electron chi connectivity index (χ2n) is 4.53. The molecule has 17 heavy (non-hydrogen) atoms. The number of hydrogen-bond donors (Lipinski definition) is 2. The van der Waals surface area contributed by atoms with E-state index in [-0.39, 0.29) is 11.9 Å². The van der Waals surface area contributed by atoms with Crippen molar-refractivity contribution in [2.45, 2.75) is 18.9 Å². The number of methoxy groups -OCH3 is 1. The van der Waals surface area contributed by atoms with E-state index in [0.717, 1.165) is 31.5 Å². The predicted octanol–water partition coefficient (Wildman–Crippen LogP) is 1.83. The molecule has 1 saturated heterocycles. The SMILES string of the molecule is COc1cc(C2CCC(CN)CN2)ccc1F. The lowest BCUT2D eigenvalue weighted by atomic mass is 9.91. The molecule has 4 heteroatoms. The Morgan fingerprint density at radius 2 is 2.29 bits per heavy atom. The van der Waals surface area contributed by atoms with Crippen LogP contribution < -0.4 is 15.8 Å². The van der Waals surface area contributed by atoms with Crippen LogP contribution in [0.2, 0.25) is 0 Å². The van der Waals surface area contributed by atoms with Crippen LogP contribution in [-0.4, -0.2) is 20.2 Å². The van der Waals surface area contributed by atoms with Crippen LogP contribution in [0.3, 0.4) is 0 Å². The third-order valence-electron chi connectivity index (χ3n) is 3.43. The van der Waals surface area contributed by atoms with Crippen molar-refractivity contribution in [2.24, 2.45) is 11.7 Å². The lowest BCUT2D eigenvalue weighted by Gasteiger charge is -2.29. The van der Waals surface area contributed by atoms with Gasteiger partial charge in [-0.1, -0.05) is 6.07 Å². The van der Waals surface area contributed by atoms with Crippen LogP contribution in [-0.2, 0) is 0 Å². The van der Waals surface area contributed by atoms with Gasteiger partial charge in [0, 0.05) is 6.04 Å². The van der Waals surface area contributed by atoms with Gasteiger partial charge in [0.1, 0.15) is 0 Å². The second kappa shape index (κ2) is 5.47. The molecule has 1 aromatic rings. The molecule has 1 aliphatic rings. The summed E-state index contributed by atoms with van der Waals surface area (Å²) in [5, 5.41) is 3.45. The second-order valence-corrected chi connectivity index (χ2v) is 4.53. The van der Waals surface area contributed by atoms with Gasteiger partial charge < -0.3 is 15.8 Å². The van der Waals surface area contributed by atoms with E-state index < -0.39 is 0 Å².